The molecule has 6 atom stereocenters. The van der Waals surface area contributed by atoms with Crippen molar-refractivity contribution in [2.45, 2.75) is 43.9 Å². The van der Waals surface area contributed by atoms with Gasteiger partial charge in [0.25, 0.3) is 0 Å². The Morgan fingerprint density at radius 1 is 1.39 bits per heavy atom. The van der Waals surface area contributed by atoms with E-state index in [1.165, 1.54) is 7.11 Å². The van der Waals surface area contributed by atoms with Crippen molar-refractivity contribution in [3.63, 3.8) is 0 Å². The average Bonchev–Trinajstić information content (AvgIpc) is 2.68. The van der Waals surface area contributed by atoms with Gasteiger partial charge in [-0.15, -0.1) is 0 Å². The van der Waals surface area contributed by atoms with E-state index in [2.05, 4.69) is 4.52 Å². The summed E-state index contributed by atoms with van der Waals surface area (Å²) in [6.45, 7) is 3.89. The van der Waals surface area contributed by atoms with E-state index in [9.17, 15) is 9.46 Å². The molecule has 0 aromatic rings. The molecule has 106 valence electrons. The fourth-order valence-corrected chi connectivity index (χ4v) is 3.33. The normalized spacial score (nSPS) is 46.3. The molecule has 2 aliphatic rings. The van der Waals surface area contributed by atoms with Gasteiger partial charge >= 0.3 is 7.82 Å². The van der Waals surface area contributed by atoms with Crippen LogP contribution < -0.4 is 0 Å². The van der Waals surface area contributed by atoms with Crippen LogP contribution in [0.5, 0.6) is 0 Å². The highest BCUT2D eigenvalue weighted by molar-refractivity contribution is 7.47. The molecule has 0 aliphatic carbocycles. The Morgan fingerprint density at radius 2 is 2.06 bits per heavy atom. The minimum atomic E-state index is -4.09. The highest BCUT2D eigenvalue weighted by Crippen LogP contribution is 2.53. The lowest BCUT2D eigenvalue weighted by Crippen LogP contribution is -2.50. The predicted molar refractivity (Wildman–Crippen MR) is 61.2 cm³/mol. The lowest BCUT2D eigenvalue weighted by Gasteiger charge is -2.34. The van der Waals surface area contributed by atoms with Crippen LogP contribution in [0.1, 0.15) is 13.8 Å². The molecule has 2 heterocycles. The first kappa shape index (κ1) is 14.4. The first-order valence-corrected chi connectivity index (χ1v) is 7.25. The van der Waals surface area contributed by atoms with Gasteiger partial charge in [0.15, 0.2) is 0 Å². The molecule has 2 saturated heterocycles. The van der Waals surface area contributed by atoms with Gasteiger partial charge in [-0.2, -0.15) is 0 Å². The van der Waals surface area contributed by atoms with Crippen LogP contribution in [0.2, 0.25) is 0 Å². The minimum absolute atomic E-state index is 0.224. The highest BCUT2D eigenvalue weighted by atomic mass is 31.2. The van der Waals surface area contributed by atoms with Crippen LogP contribution in [0.4, 0.5) is 0 Å². The lowest BCUT2D eigenvalue weighted by atomic mass is 9.94. The second-order valence-electron chi connectivity index (χ2n) is 4.63. The highest BCUT2D eigenvalue weighted by Gasteiger charge is 2.66. The number of fused-ring (bicyclic) bond motifs is 2. The summed E-state index contributed by atoms with van der Waals surface area (Å²) in [5.41, 5.74) is -0.865. The maximum Gasteiger partial charge on any atom is 0.472 e. The summed E-state index contributed by atoms with van der Waals surface area (Å²) >= 11 is 0. The van der Waals surface area contributed by atoms with Crippen molar-refractivity contribution in [2.24, 2.45) is 0 Å². The second kappa shape index (κ2) is 4.83. The summed E-state index contributed by atoms with van der Waals surface area (Å²) in [7, 11) is -1.44. The maximum atomic E-state index is 11.6. The third-order valence-electron chi connectivity index (χ3n) is 3.54. The molecule has 0 aromatic carbocycles. The number of ether oxygens (including phenoxy) is 3. The van der Waals surface area contributed by atoms with Crippen molar-refractivity contribution in [3.8, 4) is 0 Å². The number of rotatable bonds is 5. The predicted octanol–water partition coefficient (Wildman–Crippen LogP) is 0.710. The Balaban J connectivity index is 2.25. The second-order valence-corrected chi connectivity index (χ2v) is 6.14. The number of phosphoric ester groups is 1. The van der Waals surface area contributed by atoms with Gasteiger partial charge in [0, 0.05) is 14.2 Å². The van der Waals surface area contributed by atoms with Gasteiger partial charge in [0.2, 0.25) is 0 Å². The van der Waals surface area contributed by atoms with Crippen molar-refractivity contribution < 1.29 is 32.7 Å². The Morgan fingerprint density at radius 3 is 2.61 bits per heavy atom. The number of phosphoric acid groups is 1. The minimum Gasteiger partial charge on any atom is -0.381 e. The number of hydrogen-bond donors (Lipinski definition) is 1. The molecule has 2 bridgehead atoms. The van der Waals surface area contributed by atoms with E-state index < -0.39 is 25.6 Å². The number of methoxy groups -OCH3 is 1. The van der Waals surface area contributed by atoms with Gasteiger partial charge in [-0.1, -0.05) is 0 Å². The molecule has 0 radical (unpaired) electrons. The zero-order valence-electron chi connectivity index (χ0n) is 10.9. The molecule has 8 heteroatoms. The van der Waals surface area contributed by atoms with E-state index >= 15 is 0 Å². The molecule has 18 heavy (non-hydrogen) atoms. The molecular weight excluding hydrogens is 263 g/mol. The van der Waals surface area contributed by atoms with Crippen LogP contribution in [-0.4, -0.2) is 55.7 Å². The monoisotopic (exact) mass is 282 g/mol. The molecule has 2 fully saturated rings. The van der Waals surface area contributed by atoms with Crippen LogP contribution in [0.15, 0.2) is 0 Å². The zero-order valence-corrected chi connectivity index (χ0v) is 11.8. The zero-order chi connectivity index (χ0) is 13.6. The van der Waals surface area contributed by atoms with Gasteiger partial charge in [-0.3, -0.25) is 9.05 Å². The summed E-state index contributed by atoms with van der Waals surface area (Å²) in [6.07, 6.45) is -1.58. The van der Waals surface area contributed by atoms with Crippen LogP contribution in [-0.2, 0) is 27.8 Å². The van der Waals surface area contributed by atoms with Gasteiger partial charge < -0.3 is 19.1 Å². The summed E-state index contributed by atoms with van der Waals surface area (Å²) in [5.74, 6) is 0. The first-order valence-electron chi connectivity index (χ1n) is 5.75. The third kappa shape index (κ3) is 2.14. The van der Waals surface area contributed by atoms with Crippen molar-refractivity contribution >= 4 is 7.82 Å². The fraction of sp³-hybridized carbons (Fsp3) is 1.00. The Bertz CT molecular complexity index is 362. The number of hydrogen-bond acceptors (Lipinski definition) is 6. The molecular formula is C10H19O7P. The van der Waals surface area contributed by atoms with Crippen molar-refractivity contribution in [1.82, 2.24) is 0 Å². The third-order valence-corrected chi connectivity index (χ3v) is 4.50. The smallest absolute Gasteiger partial charge is 0.381 e. The summed E-state index contributed by atoms with van der Waals surface area (Å²) in [4.78, 5) is 9.46. The quantitative estimate of drug-likeness (QED) is 0.743. The standard InChI is InChI=1S/C10H19O7P/c1-6-8-9(17-18(11,12)14-4)10(16-6,5-13-3)7(2)15-8/h6-9H,5H2,1-4H3,(H,11,12)/t6-,7?,8+,9?,10-/m0/s1. The van der Waals surface area contributed by atoms with Crippen molar-refractivity contribution in [1.29, 1.82) is 0 Å². The average molecular weight is 282 g/mol. The largest absolute Gasteiger partial charge is 0.472 e. The van der Waals surface area contributed by atoms with E-state index in [0.29, 0.717) is 0 Å². The van der Waals surface area contributed by atoms with Crippen LogP contribution in [0.25, 0.3) is 0 Å². The lowest BCUT2D eigenvalue weighted by molar-refractivity contribution is -0.193. The molecule has 2 rings (SSSR count). The molecule has 0 amide bonds. The first-order chi connectivity index (χ1) is 8.36. The SMILES string of the molecule is COC[C@]12O[C@@H](C)[C@@H](OC1C)C2OP(=O)(O)OC. The fourth-order valence-electron chi connectivity index (χ4n) is 2.66. The maximum absolute atomic E-state index is 11.6. The molecule has 3 unspecified atom stereocenters. The molecule has 0 aromatic heterocycles. The Kier molecular flexibility index (Phi) is 3.86. The summed E-state index contributed by atoms with van der Waals surface area (Å²) in [5, 5.41) is 0. The molecule has 0 saturated carbocycles. The molecule has 0 spiro atoms. The van der Waals surface area contributed by atoms with Crippen molar-refractivity contribution in [3.05, 3.63) is 0 Å². The van der Waals surface area contributed by atoms with E-state index in [1.54, 1.807) is 0 Å². The van der Waals surface area contributed by atoms with Crippen LogP contribution >= 0.6 is 7.82 Å². The van der Waals surface area contributed by atoms with E-state index in [4.69, 9.17) is 18.7 Å². The molecule has 1 N–H and O–H groups in total. The summed E-state index contributed by atoms with van der Waals surface area (Å²) in [6, 6.07) is 0. The van der Waals surface area contributed by atoms with Crippen LogP contribution in [0, 0.1) is 0 Å². The Labute approximate surface area is 106 Å². The van der Waals surface area contributed by atoms with E-state index in [0.717, 1.165) is 7.11 Å². The van der Waals surface area contributed by atoms with Gasteiger partial charge in [-0.25, -0.2) is 4.57 Å². The van der Waals surface area contributed by atoms with Gasteiger partial charge in [0.05, 0.1) is 18.8 Å². The van der Waals surface area contributed by atoms with E-state index in [-0.39, 0.29) is 18.8 Å². The molecule has 7 nitrogen and oxygen atoms in total. The van der Waals surface area contributed by atoms with Crippen LogP contribution in [0.3, 0.4) is 0 Å². The summed E-state index contributed by atoms with van der Waals surface area (Å²) < 4.78 is 37.9. The van der Waals surface area contributed by atoms with E-state index in [1.807, 2.05) is 13.8 Å². The van der Waals surface area contributed by atoms with Gasteiger partial charge in [-0.05, 0) is 13.8 Å². The van der Waals surface area contributed by atoms with Crippen molar-refractivity contribution in [2.75, 3.05) is 20.8 Å². The van der Waals surface area contributed by atoms with Gasteiger partial charge in [0.1, 0.15) is 17.8 Å². The Hall–Kier alpha value is -0.0100. The topological polar surface area (TPSA) is 83.5 Å². The molecule has 2 aliphatic heterocycles.